The number of furan rings is 1. The van der Waals surface area contributed by atoms with E-state index >= 15 is 0 Å². The summed E-state index contributed by atoms with van der Waals surface area (Å²) >= 11 is 0. The van der Waals surface area contributed by atoms with Crippen molar-refractivity contribution in [3.8, 4) is 0 Å². The van der Waals surface area contributed by atoms with Gasteiger partial charge in [0.05, 0.1) is 0 Å². The molecule has 0 atom stereocenters. The predicted octanol–water partition coefficient (Wildman–Crippen LogP) is 3.69. The molecule has 0 radical (unpaired) electrons. The van der Waals surface area contributed by atoms with Gasteiger partial charge in [0.15, 0.2) is 5.96 Å². The molecule has 0 unspecified atom stereocenters. The Morgan fingerprint density at radius 2 is 2.12 bits per heavy atom. The lowest BCUT2D eigenvalue weighted by molar-refractivity contribution is 0.0732. The van der Waals surface area contributed by atoms with Crippen molar-refractivity contribution in [1.29, 1.82) is 0 Å². The van der Waals surface area contributed by atoms with Gasteiger partial charge in [-0.05, 0) is 43.7 Å². The van der Waals surface area contributed by atoms with Gasteiger partial charge < -0.3 is 19.8 Å². The highest BCUT2D eigenvalue weighted by atomic mass is 16.5. The first-order chi connectivity index (χ1) is 12.2. The fourth-order valence-corrected chi connectivity index (χ4v) is 3.40. The van der Waals surface area contributed by atoms with E-state index in [1.165, 1.54) is 19.3 Å². The van der Waals surface area contributed by atoms with Crippen LogP contribution in [0.3, 0.4) is 0 Å². The number of methoxy groups -OCH3 is 1. The zero-order chi connectivity index (χ0) is 17.5. The third-order valence-corrected chi connectivity index (χ3v) is 5.10. The van der Waals surface area contributed by atoms with E-state index in [0.29, 0.717) is 12.0 Å². The van der Waals surface area contributed by atoms with Gasteiger partial charge in [-0.3, -0.25) is 0 Å². The van der Waals surface area contributed by atoms with E-state index in [1.54, 1.807) is 7.11 Å². The summed E-state index contributed by atoms with van der Waals surface area (Å²) in [6, 6.07) is 10.1. The molecule has 5 nitrogen and oxygen atoms in total. The first kappa shape index (κ1) is 17.8. The molecule has 1 aromatic heterocycles. The van der Waals surface area contributed by atoms with Crippen LogP contribution < -0.4 is 10.6 Å². The van der Waals surface area contributed by atoms with Crippen molar-refractivity contribution in [2.24, 2.45) is 10.4 Å². The molecule has 3 rings (SSSR count). The van der Waals surface area contributed by atoms with Crippen molar-refractivity contribution in [3.05, 3.63) is 36.1 Å². The first-order valence-electron chi connectivity index (χ1n) is 9.23. The minimum atomic E-state index is 0.367. The lowest BCUT2D eigenvalue weighted by Crippen LogP contribution is -2.46. The van der Waals surface area contributed by atoms with Crippen molar-refractivity contribution < 1.29 is 9.15 Å². The summed E-state index contributed by atoms with van der Waals surface area (Å²) in [5, 5.41) is 7.97. The molecule has 0 aliphatic heterocycles. The van der Waals surface area contributed by atoms with Crippen LogP contribution in [-0.2, 0) is 11.3 Å². The Kier molecular flexibility index (Phi) is 5.97. The Bertz CT molecular complexity index is 671. The monoisotopic (exact) mass is 343 g/mol. The Labute approximate surface area is 149 Å². The van der Waals surface area contributed by atoms with Gasteiger partial charge in [-0.2, -0.15) is 0 Å². The minimum absolute atomic E-state index is 0.367. The van der Waals surface area contributed by atoms with E-state index in [2.05, 4.69) is 29.7 Å². The minimum Gasteiger partial charge on any atom is -0.459 e. The molecule has 1 aliphatic carbocycles. The molecule has 5 heteroatoms. The zero-order valence-electron chi connectivity index (χ0n) is 15.3. The van der Waals surface area contributed by atoms with Gasteiger partial charge in [0.1, 0.15) is 17.9 Å². The molecule has 2 aromatic rings. The largest absolute Gasteiger partial charge is 0.459 e. The highest BCUT2D eigenvalue weighted by Crippen LogP contribution is 2.43. The standard InChI is InChI=1S/C20H29N3O2/c1-3-21-19(23-15-20(9-6-10-20)11-12-24-2)22-14-17-13-16-7-4-5-8-18(16)25-17/h4-5,7-8,13H,3,6,9-12,14-15H2,1-2H3,(H2,21,22,23). The Morgan fingerprint density at radius 3 is 2.80 bits per heavy atom. The summed E-state index contributed by atoms with van der Waals surface area (Å²) in [5.41, 5.74) is 1.28. The molecule has 1 aromatic carbocycles. The van der Waals surface area contributed by atoms with E-state index in [1.807, 2.05) is 18.2 Å². The van der Waals surface area contributed by atoms with Crippen LogP contribution in [0, 0.1) is 5.41 Å². The molecular weight excluding hydrogens is 314 g/mol. The van der Waals surface area contributed by atoms with Crippen molar-refractivity contribution in [1.82, 2.24) is 10.6 Å². The second-order valence-corrected chi connectivity index (χ2v) is 6.90. The second kappa shape index (κ2) is 8.39. The summed E-state index contributed by atoms with van der Waals surface area (Å²) in [5.74, 6) is 1.74. The summed E-state index contributed by atoms with van der Waals surface area (Å²) in [7, 11) is 1.78. The molecular formula is C20H29N3O2. The van der Waals surface area contributed by atoms with Gasteiger partial charge in [-0.15, -0.1) is 0 Å². The quantitative estimate of drug-likeness (QED) is 0.567. The predicted molar refractivity (Wildman–Crippen MR) is 102 cm³/mol. The van der Waals surface area contributed by atoms with Crippen LogP contribution in [0.15, 0.2) is 39.7 Å². The number of aliphatic imine (C=N–C) groups is 1. The molecule has 25 heavy (non-hydrogen) atoms. The third kappa shape index (κ3) is 4.54. The molecule has 1 saturated carbocycles. The van der Waals surface area contributed by atoms with Crippen molar-refractivity contribution in [2.45, 2.75) is 39.2 Å². The number of ether oxygens (including phenoxy) is 1. The maximum atomic E-state index is 5.85. The molecule has 0 amide bonds. The average molecular weight is 343 g/mol. The number of benzene rings is 1. The van der Waals surface area contributed by atoms with Crippen LogP contribution in [0.4, 0.5) is 0 Å². The molecule has 1 heterocycles. The van der Waals surface area contributed by atoms with Gasteiger partial charge in [0, 0.05) is 32.2 Å². The Hall–Kier alpha value is -2.01. The number of guanidine groups is 1. The van der Waals surface area contributed by atoms with E-state index in [0.717, 1.165) is 48.8 Å². The van der Waals surface area contributed by atoms with Crippen molar-refractivity contribution in [3.63, 3.8) is 0 Å². The second-order valence-electron chi connectivity index (χ2n) is 6.90. The summed E-state index contributed by atoms with van der Waals surface area (Å²) < 4.78 is 11.1. The van der Waals surface area contributed by atoms with Crippen LogP contribution in [0.2, 0.25) is 0 Å². The molecule has 0 saturated heterocycles. The van der Waals surface area contributed by atoms with Crippen molar-refractivity contribution >= 4 is 16.9 Å². The molecule has 0 spiro atoms. The number of rotatable bonds is 8. The maximum Gasteiger partial charge on any atom is 0.191 e. The van der Waals surface area contributed by atoms with E-state index in [9.17, 15) is 0 Å². The van der Waals surface area contributed by atoms with Gasteiger partial charge in [0.25, 0.3) is 0 Å². The lowest BCUT2D eigenvalue weighted by atomic mass is 9.67. The van der Waals surface area contributed by atoms with Crippen LogP contribution in [0.5, 0.6) is 0 Å². The fraction of sp³-hybridized carbons (Fsp3) is 0.550. The Morgan fingerprint density at radius 1 is 1.28 bits per heavy atom. The molecule has 2 N–H and O–H groups in total. The van der Waals surface area contributed by atoms with Crippen LogP contribution in [0.1, 0.15) is 38.4 Å². The summed E-state index contributed by atoms with van der Waals surface area (Å²) in [6.07, 6.45) is 4.97. The lowest BCUT2D eigenvalue weighted by Gasteiger charge is -2.42. The third-order valence-electron chi connectivity index (χ3n) is 5.10. The Balaban J connectivity index is 1.60. The van der Waals surface area contributed by atoms with Gasteiger partial charge in [0.2, 0.25) is 0 Å². The van der Waals surface area contributed by atoms with Crippen molar-refractivity contribution in [2.75, 3.05) is 26.8 Å². The number of hydrogen-bond acceptors (Lipinski definition) is 3. The highest BCUT2D eigenvalue weighted by molar-refractivity contribution is 5.80. The topological polar surface area (TPSA) is 58.8 Å². The SMILES string of the molecule is CCNC(=NCc1cc2ccccc2o1)NCC1(CCOC)CCC1. The molecule has 136 valence electrons. The van der Waals surface area contributed by atoms with Crippen LogP contribution in [0.25, 0.3) is 11.0 Å². The van der Waals surface area contributed by atoms with Gasteiger partial charge in [-0.1, -0.05) is 24.6 Å². The molecule has 0 bridgehead atoms. The van der Waals surface area contributed by atoms with Gasteiger partial charge >= 0.3 is 0 Å². The number of nitrogens with one attached hydrogen (secondary N) is 2. The summed E-state index contributed by atoms with van der Waals surface area (Å²) in [4.78, 5) is 4.69. The van der Waals surface area contributed by atoms with Crippen LogP contribution in [-0.4, -0.2) is 32.8 Å². The average Bonchev–Trinajstić information content (AvgIpc) is 3.01. The molecule has 1 aliphatic rings. The van der Waals surface area contributed by atoms with E-state index in [4.69, 9.17) is 14.1 Å². The zero-order valence-corrected chi connectivity index (χ0v) is 15.3. The summed E-state index contributed by atoms with van der Waals surface area (Å²) in [6.45, 7) is 5.24. The fourth-order valence-electron chi connectivity index (χ4n) is 3.40. The number of nitrogens with zero attached hydrogens (tertiary/aromatic N) is 1. The maximum absolute atomic E-state index is 5.85. The first-order valence-corrected chi connectivity index (χ1v) is 9.23. The number of fused-ring (bicyclic) bond motifs is 1. The number of hydrogen-bond donors (Lipinski definition) is 2. The van der Waals surface area contributed by atoms with E-state index < -0.39 is 0 Å². The smallest absolute Gasteiger partial charge is 0.191 e. The van der Waals surface area contributed by atoms with Gasteiger partial charge in [-0.25, -0.2) is 4.99 Å². The normalized spacial score (nSPS) is 16.6. The molecule has 1 fully saturated rings. The highest BCUT2D eigenvalue weighted by Gasteiger charge is 2.36. The van der Waals surface area contributed by atoms with E-state index in [-0.39, 0.29) is 0 Å². The number of para-hydroxylation sites is 1. The van der Waals surface area contributed by atoms with Crippen LogP contribution >= 0.6 is 0 Å².